The molecule has 0 saturated heterocycles. The molecule has 96 valence electrons. The van der Waals surface area contributed by atoms with Crippen LogP contribution in [0.5, 0.6) is 0 Å². The first kappa shape index (κ1) is 12.2. The highest BCUT2D eigenvalue weighted by Gasteiger charge is 2.21. The molecule has 0 unspecified atom stereocenters. The Morgan fingerprint density at radius 2 is 2.06 bits per heavy atom. The minimum Gasteiger partial charge on any atom is -0.356 e. The maximum absolute atomic E-state index is 6.02. The van der Waals surface area contributed by atoms with Gasteiger partial charge in [-0.2, -0.15) is 4.98 Å². The molecular formula is C13H16ClN3S. The van der Waals surface area contributed by atoms with Crippen molar-refractivity contribution < 1.29 is 0 Å². The lowest BCUT2D eigenvalue weighted by atomic mass is 9.94. The van der Waals surface area contributed by atoms with Crippen LogP contribution in [0.1, 0.15) is 32.1 Å². The SMILES string of the molecule is CN(c1nc(Cl)nc2sccc12)C1CCCCC1. The minimum absolute atomic E-state index is 0.350. The second-order valence-corrected chi connectivity index (χ2v) is 6.09. The average Bonchev–Trinajstić information content (AvgIpc) is 2.86. The molecular weight excluding hydrogens is 266 g/mol. The lowest BCUT2D eigenvalue weighted by molar-refractivity contribution is 0.426. The van der Waals surface area contributed by atoms with Crippen molar-refractivity contribution in [1.29, 1.82) is 0 Å². The van der Waals surface area contributed by atoms with Crippen molar-refractivity contribution in [2.24, 2.45) is 0 Å². The summed E-state index contributed by atoms with van der Waals surface area (Å²) in [5.41, 5.74) is 0. The van der Waals surface area contributed by atoms with Crippen molar-refractivity contribution in [2.75, 3.05) is 11.9 Å². The van der Waals surface area contributed by atoms with Gasteiger partial charge >= 0.3 is 0 Å². The third-order valence-electron chi connectivity index (χ3n) is 3.73. The van der Waals surface area contributed by atoms with Crippen molar-refractivity contribution in [2.45, 2.75) is 38.1 Å². The number of aromatic nitrogens is 2. The van der Waals surface area contributed by atoms with E-state index in [1.54, 1.807) is 11.3 Å². The molecule has 1 aliphatic carbocycles. The molecule has 18 heavy (non-hydrogen) atoms. The van der Waals surface area contributed by atoms with E-state index in [0.717, 1.165) is 16.0 Å². The Kier molecular flexibility index (Phi) is 3.39. The molecule has 1 aliphatic rings. The average molecular weight is 282 g/mol. The lowest BCUT2D eigenvalue weighted by Gasteiger charge is -2.32. The predicted molar refractivity (Wildman–Crippen MR) is 77.7 cm³/mol. The van der Waals surface area contributed by atoms with Crippen LogP contribution in [0.15, 0.2) is 11.4 Å². The summed E-state index contributed by atoms with van der Waals surface area (Å²) in [6.07, 6.45) is 6.51. The van der Waals surface area contributed by atoms with Crippen LogP contribution in [-0.4, -0.2) is 23.1 Å². The second kappa shape index (κ2) is 5.02. The Morgan fingerprint density at radius 3 is 2.83 bits per heavy atom. The van der Waals surface area contributed by atoms with Gasteiger partial charge < -0.3 is 4.90 Å². The standard InChI is InChI=1S/C13H16ClN3S/c1-17(9-5-3-2-4-6-9)11-10-7-8-18-12(10)16-13(14)15-11/h7-9H,2-6H2,1H3. The van der Waals surface area contributed by atoms with Gasteiger partial charge in [0.1, 0.15) is 10.6 Å². The first-order valence-electron chi connectivity index (χ1n) is 6.39. The zero-order chi connectivity index (χ0) is 12.5. The summed E-state index contributed by atoms with van der Waals surface area (Å²) in [5.74, 6) is 0.984. The summed E-state index contributed by atoms with van der Waals surface area (Å²) in [6, 6.07) is 2.68. The number of anilines is 1. The largest absolute Gasteiger partial charge is 0.356 e. The third kappa shape index (κ3) is 2.19. The molecule has 0 atom stereocenters. The molecule has 1 fully saturated rings. The molecule has 0 N–H and O–H groups in total. The summed E-state index contributed by atoms with van der Waals surface area (Å²) in [7, 11) is 2.13. The highest BCUT2D eigenvalue weighted by Crippen LogP contribution is 2.32. The van der Waals surface area contributed by atoms with Crippen LogP contribution in [0.2, 0.25) is 5.28 Å². The van der Waals surface area contributed by atoms with E-state index in [1.807, 2.05) is 5.38 Å². The van der Waals surface area contributed by atoms with E-state index >= 15 is 0 Å². The minimum atomic E-state index is 0.350. The van der Waals surface area contributed by atoms with Crippen LogP contribution in [-0.2, 0) is 0 Å². The van der Waals surface area contributed by atoms with Crippen LogP contribution in [0.3, 0.4) is 0 Å². The first-order valence-corrected chi connectivity index (χ1v) is 7.65. The van der Waals surface area contributed by atoms with E-state index in [9.17, 15) is 0 Å². The third-order valence-corrected chi connectivity index (χ3v) is 4.71. The molecule has 2 aromatic heterocycles. The number of hydrogen-bond donors (Lipinski definition) is 0. The topological polar surface area (TPSA) is 29.0 Å². The van der Waals surface area contributed by atoms with Gasteiger partial charge in [-0.1, -0.05) is 19.3 Å². The number of thiophene rings is 1. The van der Waals surface area contributed by atoms with Crippen LogP contribution < -0.4 is 4.90 Å². The zero-order valence-corrected chi connectivity index (χ0v) is 12.0. The number of fused-ring (bicyclic) bond motifs is 1. The summed E-state index contributed by atoms with van der Waals surface area (Å²) >= 11 is 7.64. The smallest absolute Gasteiger partial charge is 0.225 e. The number of rotatable bonds is 2. The van der Waals surface area contributed by atoms with Gasteiger partial charge in [-0.15, -0.1) is 11.3 Å². The molecule has 0 bridgehead atoms. The molecule has 0 aliphatic heterocycles. The normalized spacial score (nSPS) is 17.2. The van der Waals surface area contributed by atoms with Gasteiger partial charge in [-0.3, -0.25) is 0 Å². The highest BCUT2D eigenvalue weighted by molar-refractivity contribution is 7.16. The van der Waals surface area contributed by atoms with E-state index in [-0.39, 0.29) is 0 Å². The summed E-state index contributed by atoms with van der Waals surface area (Å²) in [5, 5.41) is 3.52. The van der Waals surface area contributed by atoms with E-state index in [4.69, 9.17) is 11.6 Å². The van der Waals surface area contributed by atoms with Gasteiger partial charge in [0.2, 0.25) is 5.28 Å². The Hall–Kier alpha value is -0.870. The Morgan fingerprint density at radius 1 is 1.28 bits per heavy atom. The van der Waals surface area contributed by atoms with Gasteiger partial charge in [0, 0.05) is 13.1 Å². The monoisotopic (exact) mass is 281 g/mol. The van der Waals surface area contributed by atoms with Gasteiger partial charge in [0.05, 0.1) is 5.39 Å². The summed E-state index contributed by atoms with van der Waals surface area (Å²) in [4.78, 5) is 12.0. The molecule has 0 amide bonds. The van der Waals surface area contributed by atoms with Crippen LogP contribution in [0.25, 0.3) is 10.2 Å². The van der Waals surface area contributed by atoms with Crippen LogP contribution >= 0.6 is 22.9 Å². The van der Waals surface area contributed by atoms with Crippen LogP contribution in [0.4, 0.5) is 5.82 Å². The fourth-order valence-electron chi connectivity index (χ4n) is 2.72. The summed E-state index contributed by atoms with van der Waals surface area (Å²) < 4.78 is 0. The highest BCUT2D eigenvalue weighted by atomic mass is 35.5. The Labute approximate surface area is 116 Å². The summed E-state index contributed by atoms with van der Waals surface area (Å²) in [6.45, 7) is 0. The molecule has 0 spiro atoms. The molecule has 2 heterocycles. The van der Waals surface area contributed by atoms with E-state index in [1.165, 1.54) is 32.1 Å². The first-order chi connectivity index (χ1) is 8.75. The molecule has 3 nitrogen and oxygen atoms in total. The molecule has 2 aromatic rings. The van der Waals surface area contributed by atoms with Crippen LogP contribution in [0, 0.1) is 0 Å². The van der Waals surface area contributed by atoms with Gasteiger partial charge in [-0.05, 0) is 35.9 Å². The van der Waals surface area contributed by atoms with Crippen molar-refractivity contribution in [1.82, 2.24) is 9.97 Å². The van der Waals surface area contributed by atoms with E-state index in [2.05, 4.69) is 28.0 Å². The lowest BCUT2D eigenvalue weighted by Crippen LogP contribution is -2.34. The second-order valence-electron chi connectivity index (χ2n) is 4.86. The fraction of sp³-hybridized carbons (Fsp3) is 0.538. The fourth-order valence-corrected chi connectivity index (χ4v) is 3.70. The molecule has 1 saturated carbocycles. The van der Waals surface area contributed by atoms with Gasteiger partial charge in [-0.25, -0.2) is 4.98 Å². The predicted octanol–water partition coefficient (Wildman–Crippen LogP) is 4.11. The number of halogens is 1. The van der Waals surface area contributed by atoms with Crippen molar-refractivity contribution in [3.63, 3.8) is 0 Å². The van der Waals surface area contributed by atoms with Gasteiger partial charge in [0.25, 0.3) is 0 Å². The molecule has 3 rings (SSSR count). The number of nitrogens with zero attached hydrogens (tertiary/aromatic N) is 3. The Bertz CT molecular complexity index is 548. The Balaban J connectivity index is 1.99. The quantitative estimate of drug-likeness (QED) is 0.776. The number of hydrogen-bond acceptors (Lipinski definition) is 4. The molecule has 5 heteroatoms. The zero-order valence-electron chi connectivity index (χ0n) is 10.4. The molecule has 0 aromatic carbocycles. The van der Waals surface area contributed by atoms with Gasteiger partial charge in [0.15, 0.2) is 0 Å². The maximum atomic E-state index is 6.02. The van der Waals surface area contributed by atoms with Crippen molar-refractivity contribution in [3.8, 4) is 0 Å². The van der Waals surface area contributed by atoms with E-state index in [0.29, 0.717) is 11.3 Å². The maximum Gasteiger partial charge on any atom is 0.225 e. The van der Waals surface area contributed by atoms with E-state index < -0.39 is 0 Å². The van der Waals surface area contributed by atoms with Crippen molar-refractivity contribution >= 4 is 39.0 Å². The molecule has 0 radical (unpaired) electrons. The van der Waals surface area contributed by atoms with Crippen molar-refractivity contribution in [3.05, 3.63) is 16.7 Å².